The third kappa shape index (κ3) is 6.46. The molecule has 1 spiro atoms. The van der Waals surface area contributed by atoms with Crippen LogP contribution in [0.5, 0.6) is 0 Å². The van der Waals surface area contributed by atoms with Gasteiger partial charge in [-0.2, -0.15) is 0 Å². The lowest BCUT2D eigenvalue weighted by Gasteiger charge is -2.33. The Hall–Kier alpha value is -8.53. The van der Waals surface area contributed by atoms with Crippen LogP contribution in [0.3, 0.4) is 0 Å². The first kappa shape index (κ1) is 38.9. The maximum atomic E-state index is 5.50. The van der Waals surface area contributed by atoms with E-state index < -0.39 is 5.41 Å². The summed E-state index contributed by atoms with van der Waals surface area (Å²) in [5, 5.41) is 0. The molecule has 0 radical (unpaired) electrons. The zero-order valence-electron chi connectivity index (χ0n) is 36.8. The second-order valence-electron chi connectivity index (χ2n) is 17.8. The molecule has 0 N–H and O–H groups in total. The van der Waals surface area contributed by atoms with Gasteiger partial charge in [-0.3, -0.25) is 0 Å². The average Bonchev–Trinajstić information content (AvgIpc) is 3.88. The maximum absolute atomic E-state index is 5.50. The average molecular weight is 854 g/mol. The number of hydrogen-bond acceptors (Lipinski definition) is 3. The minimum Gasteiger partial charge on any atom is -0.208 e. The van der Waals surface area contributed by atoms with Crippen LogP contribution in [0, 0.1) is 0 Å². The Morgan fingerprint density at radius 1 is 0.299 bits per heavy atom. The van der Waals surface area contributed by atoms with E-state index in [1.54, 1.807) is 0 Å². The molecule has 0 fully saturated rings. The Kier molecular flexibility index (Phi) is 9.21. The second kappa shape index (κ2) is 15.9. The van der Waals surface area contributed by atoms with E-state index in [0.717, 1.165) is 74.0 Å². The van der Waals surface area contributed by atoms with Crippen molar-refractivity contribution in [1.29, 1.82) is 0 Å². The summed E-state index contributed by atoms with van der Waals surface area (Å²) < 4.78 is 0. The summed E-state index contributed by atoms with van der Waals surface area (Å²) in [5.41, 5.74) is 22.0. The SMILES string of the molecule is C1=CC2=C(CC1)C1(c3ccccc32)c2ccccc2-c2ccc(-c3nc(-c4cc(-c5ccccc5)cc(-c5ccccc5)c4)nc(-c4cc(-c5ccccc5)cc(-c5ccccc5)c4)n3)cc21. The van der Waals surface area contributed by atoms with Crippen LogP contribution in [0.1, 0.15) is 35.1 Å². The van der Waals surface area contributed by atoms with E-state index >= 15 is 0 Å². The molecule has 0 saturated heterocycles. The molecule has 10 aromatic rings. The number of allylic oxidation sites excluding steroid dienone is 4. The van der Waals surface area contributed by atoms with Gasteiger partial charge in [-0.05, 0) is 144 Å². The first-order chi connectivity index (χ1) is 33.2. The summed E-state index contributed by atoms with van der Waals surface area (Å²) >= 11 is 0. The first-order valence-electron chi connectivity index (χ1n) is 23.2. The van der Waals surface area contributed by atoms with Gasteiger partial charge in [0.2, 0.25) is 0 Å². The van der Waals surface area contributed by atoms with Crippen LogP contribution in [0.4, 0.5) is 0 Å². The molecule has 1 atom stereocenters. The third-order valence-corrected chi connectivity index (χ3v) is 14.0. The van der Waals surface area contributed by atoms with Crippen LogP contribution in [0.2, 0.25) is 0 Å². The predicted octanol–water partition coefficient (Wildman–Crippen LogP) is 16.0. The largest absolute Gasteiger partial charge is 0.208 e. The van der Waals surface area contributed by atoms with E-state index in [9.17, 15) is 0 Å². The molecule has 3 aliphatic carbocycles. The molecule has 0 saturated carbocycles. The number of nitrogens with zero attached hydrogens (tertiary/aromatic N) is 3. The highest BCUT2D eigenvalue weighted by Crippen LogP contribution is 2.63. The standard InChI is InChI=1S/C64H43N3/c1-5-19-42(20-6-1)47-35-48(43-21-7-2-8-22-43)38-51(37-47)62-65-61(66-63(67-62)52-39-49(44-23-9-3-10-24-44)36-50(40-52)45-25-11-4-12-26-45)46-33-34-56-55-29-15-18-32-59(55)64(60(56)41-46)57-30-16-13-27-53(57)54-28-14-17-31-58(54)64/h1-16,18-30,32-41H,17,31H2. The fourth-order valence-electron chi connectivity index (χ4n) is 11.0. The Morgan fingerprint density at radius 3 is 1.18 bits per heavy atom. The van der Waals surface area contributed by atoms with Crippen molar-refractivity contribution in [3.63, 3.8) is 0 Å². The minimum atomic E-state index is -0.416. The molecule has 314 valence electrons. The lowest BCUT2D eigenvalue weighted by molar-refractivity contribution is 0.714. The molecule has 13 rings (SSSR count). The van der Waals surface area contributed by atoms with Gasteiger partial charge >= 0.3 is 0 Å². The molecular weight excluding hydrogens is 811 g/mol. The van der Waals surface area contributed by atoms with Crippen LogP contribution in [0.15, 0.2) is 242 Å². The Balaban J connectivity index is 1.07. The molecule has 1 aromatic heterocycles. The van der Waals surface area contributed by atoms with E-state index in [1.807, 2.05) is 0 Å². The van der Waals surface area contributed by atoms with Crippen molar-refractivity contribution in [2.45, 2.75) is 18.3 Å². The quantitative estimate of drug-likeness (QED) is 0.160. The van der Waals surface area contributed by atoms with Crippen molar-refractivity contribution >= 4 is 5.57 Å². The van der Waals surface area contributed by atoms with Crippen LogP contribution in [0.25, 0.3) is 95.4 Å². The van der Waals surface area contributed by atoms with Gasteiger partial charge < -0.3 is 0 Å². The fraction of sp³-hybridized carbons (Fsp3) is 0.0469. The minimum absolute atomic E-state index is 0.416. The number of rotatable bonds is 7. The molecule has 3 aliphatic rings. The molecule has 1 unspecified atom stereocenters. The van der Waals surface area contributed by atoms with Gasteiger partial charge in [0.25, 0.3) is 0 Å². The highest BCUT2D eigenvalue weighted by atomic mass is 15.0. The Bertz CT molecular complexity index is 3350. The second-order valence-corrected chi connectivity index (χ2v) is 17.8. The summed E-state index contributed by atoms with van der Waals surface area (Å²) in [5.74, 6) is 1.87. The highest BCUT2D eigenvalue weighted by Gasteiger charge is 2.52. The molecule has 3 nitrogen and oxygen atoms in total. The topological polar surface area (TPSA) is 38.7 Å². The zero-order chi connectivity index (χ0) is 44.3. The van der Waals surface area contributed by atoms with Crippen molar-refractivity contribution in [3.8, 4) is 89.8 Å². The Labute approximate surface area is 391 Å². The van der Waals surface area contributed by atoms with Gasteiger partial charge in [0.05, 0.1) is 5.41 Å². The van der Waals surface area contributed by atoms with Gasteiger partial charge in [-0.15, -0.1) is 0 Å². The number of benzene rings is 9. The highest BCUT2D eigenvalue weighted by molar-refractivity contribution is 5.98. The summed E-state index contributed by atoms with van der Waals surface area (Å²) in [6, 6.07) is 80.9. The molecule has 67 heavy (non-hydrogen) atoms. The van der Waals surface area contributed by atoms with Gasteiger partial charge in [-0.25, -0.2) is 15.0 Å². The van der Waals surface area contributed by atoms with Crippen LogP contribution in [-0.2, 0) is 5.41 Å². The Morgan fingerprint density at radius 2 is 0.687 bits per heavy atom. The predicted molar refractivity (Wildman–Crippen MR) is 275 cm³/mol. The third-order valence-electron chi connectivity index (χ3n) is 14.0. The number of fused-ring (bicyclic) bond motifs is 9. The normalized spacial score (nSPS) is 15.3. The van der Waals surface area contributed by atoms with Crippen molar-refractivity contribution in [2.24, 2.45) is 0 Å². The zero-order valence-corrected chi connectivity index (χ0v) is 36.8. The molecule has 0 aliphatic heterocycles. The molecule has 1 heterocycles. The summed E-state index contributed by atoms with van der Waals surface area (Å²) in [4.78, 5) is 16.5. The van der Waals surface area contributed by atoms with Crippen molar-refractivity contribution in [1.82, 2.24) is 15.0 Å². The molecular formula is C64H43N3. The van der Waals surface area contributed by atoms with E-state index in [-0.39, 0.29) is 0 Å². The first-order valence-corrected chi connectivity index (χ1v) is 23.2. The summed E-state index contributed by atoms with van der Waals surface area (Å²) in [7, 11) is 0. The van der Waals surface area contributed by atoms with Gasteiger partial charge in [0.15, 0.2) is 17.5 Å². The monoisotopic (exact) mass is 853 g/mol. The molecule has 0 bridgehead atoms. The summed E-state index contributed by atoms with van der Waals surface area (Å²) in [6.45, 7) is 0. The van der Waals surface area contributed by atoms with Crippen LogP contribution < -0.4 is 0 Å². The van der Waals surface area contributed by atoms with Crippen molar-refractivity contribution in [2.75, 3.05) is 0 Å². The number of hydrogen-bond donors (Lipinski definition) is 0. The smallest absolute Gasteiger partial charge is 0.164 e. The maximum Gasteiger partial charge on any atom is 0.164 e. The van der Waals surface area contributed by atoms with Gasteiger partial charge in [0, 0.05) is 16.7 Å². The van der Waals surface area contributed by atoms with Crippen LogP contribution in [-0.4, -0.2) is 15.0 Å². The molecule has 9 aromatic carbocycles. The van der Waals surface area contributed by atoms with Gasteiger partial charge in [0.1, 0.15) is 0 Å². The lowest BCUT2D eigenvalue weighted by atomic mass is 9.68. The molecule has 3 heteroatoms. The van der Waals surface area contributed by atoms with Crippen molar-refractivity contribution < 1.29 is 0 Å². The fourth-order valence-corrected chi connectivity index (χ4v) is 11.0. The number of aromatic nitrogens is 3. The van der Waals surface area contributed by atoms with E-state index in [0.29, 0.717) is 17.5 Å². The van der Waals surface area contributed by atoms with Gasteiger partial charge in [-0.1, -0.05) is 194 Å². The van der Waals surface area contributed by atoms with E-state index in [1.165, 1.54) is 44.5 Å². The van der Waals surface area contributed by atoms with E-state index in [4.69, 9.17) is 15.0 Å². The van der Waals surface area contributed by atoms with Crippen molar-refractivity contribution in [3.05, 3.63) is 264 Å². The van der Waals surface area contributed by atoms with Crippen LogP contribution >= 0.6 is 0 Å². The van der Waals surface area contributed by atoms with E-state index in [2.05, 4.69) is 237 Å². The lowest BCUT2D eigenvalue weighted by Crippen LogP contribution is -2.27. The molecule has 0 amide bonds. The summed E-state index contributed by atoms with van der Waals surface area (Å²) in [6.07, 6.45) is 6.72.